The summed E-state index contributed by atoms with van der Waals surface area (Å²) in [5.41, 5.74) is 0.516. The second-order valence-corrected chi connectivity index (χ2v) is 5.01. The van der Waals surface area contributed by atoms with Crippen LogP contribution in [0.15, 0.2) is 42.0 Å². The number of aryl methyl sites for hydroxylation is 1. The van der Waals surface area contributed by atoms with Crippen LogP contribution in [-0.4, -0.2) is 17.1 Å². The van der Waals surface area contributed by atoms with Crippen LogP contribution in [0, 0.1) is 56.8 Å². The van der Waals surface area contributed by atoms with Gasteiger partial charge in [-0.1, -0.05) is 30.3 Å². The summed E-state index contributed by atoms with van der Waals surface area (Å²) < 4.78 is 37.6. The number of halogens is 3. The Morgan fingerprint density at radius 1 is 1.04 bits per heavy atom. The Bertz CT molecular complexity index is 779. The quantitative estimate of drug-likeness (QED) is 0.632. The average Bonchev–Trinajstić information content (AvgIpc) is 2.44. The molecule has 3 rings (SSSR count). The summed E-state index contributed by atoms with van der Waals surface area (Å²) in [6, 6.07) is 10.8. The maximum Gasteiger partial charge on any atom is 0.454 e. The molecule has 0 unspecified atom stereocenters. The van der Waals surface area contributed by atoms with Crippen molar-refractivity contribution in [3.8, 4) is 0 Å². The average molecular weight is 459 g/mol. The standard InChI is InChI=1S/C16H11F3O2.CH3.Eu/c17-16(18,19)15(21)12-6-5-11-7-9-3-1-2-4-10(9)8-13(11)14(12)20;;/h1-4,7-8,20H,5-6H2;1H3;/q;-1;. The van der Waals surface area contributed by atoms with Gasteiger partial charge in [0.15, 0.2) is 0 Å². The zero-order valence-electron chi connectivity index (χ0n) is 12.2. The molecule has 0 aromatic heterocycles. The van der Waals surface area contributed by atoms with E-state index >= 15 is 0 Å². The first kappa shape index (κ1) is 20.3. The second kappa shape index (κ2) is 7.45. The number of Topliss-reactive ketones (excluding diaryl/α,β-unsaturated/α-hetero) is 1. The number of rotatable bonds is 1. The number of carbonyl (C=O) groups is 1. The zero-order chi connectivity index (χ0) is 15.2. The van der Waals surface area contributed by atoms with Gasteiger partial charge in [-0.15, -0.1) is 0 Å². The molecule has 0 fully saturated rings. The molecule has 23 heavy (non-hydrogen) atoms. The fourth-order valence-electron chi connectivity index (χ4n) is 2.65. The first-order valence-electron chi connectivity index (χ1n) is 6.43. The van der Waals surface area contributed by atoms with Crippen LogP contribution in [0.5, 0.6) is 0 Å². The Labute approximate surface area is 172 Å². The minimum absolute atomic E-state index is 0. The van der Waals surface area contributed by atoms with Crippen molar-refractivity contribution >= 4 is 22.3 Å². The molecule has 0 heterocycles. The predicted octanol–water partition coefficient (Wildman–Crippen LogP) is 4.64. The molecular weight excluding hydrogens is 445 g/mol. The maximum atomic E-state index is 12.5. The van der Waals surface area contributed by atoms with Crippen molar-refractivity contribution < 1.29 is 72.4 Å². The fourth-order valence-corrected chi connectivity index (χ4v) is 2.65. The summed E-state index contributed by atoms with van der Waals surface area (Å²) in [7, 11) is 0. The SMILES string of the molecule is O=C(C1=C(O)c2cc3ccccc3cc2CC1)C(F)(F)F.[CH3-].[Eu]. The Morgan fingerprint density at radius 2 is 1.61 bits per heavy atom. The summed E-state index contributed by atoms with van der Waals surface area (Å²) >= 11 is 0. The van der Waals surface area contributed by atoms with E-state index in [0.29, 0.717) is 12.0 Å². The maximum absolute atomic E-state index is 12.5. The Balaban J connectivity index is 0.00000132. The zero-order valence-corrected chi connectivity index (χ0v) is 14.7. The largest absolute Gasteiger partial charge is 0.507 e. The van der Waals surface area contributed by atoms with Gasteiger partial charge in [0.2, 0.25) is 0 Å². The second-order valence-electron chi connectivity index (χ2n) is 5.01. The molecular formula is C17H14EuF3O2-. The molecule has 0 bridgehead atoms. The van der Waals surface area contributed by atoms with Crippen LogP contribution < -0.4 is 0 Å². The summed E-state index contributed by atoms with van der Waals surface area (Å²) in [5, 5.41) is 11.8. The van der Waals surface area contributed by atoms with E-state index in [1.165, 1.54) is 0 Å². The van der Waals surface area contributed by atoms with Gasteiger partial charge in [-0.05, 0) is 35.2 Å². The summed E-state index contributed by atoms with van der Waals surface area (Å²) in [6.45, 7) is 0. The topological polar surface area (TPSA) is 37.3 Å². The van der Waals surface area contributed by atoms with E-state index in [1.54, 1.807) is 12.1 Å². The van der Waals surface area contributed by atoms with Crippen LogP contribution in [-0.2, 0) is 11.2 Å². The van der Waals surface area contributed by atoms with E-state index in [1.807, 2.05) is 24.3 Å². The van der Waals surface area contributed by atoms with Gasteiger partial charge < -0.3 is 12.5 Å². The van der Waals surface area contributed by atoms with Gasteiger partial charge in [0, 0.05) is 60.5 Å². The summed E-state index contributed by atoms with van der Waals surface area (Å²) in [5.74, 6) is -2.51. The van der Waals surface area contributed by atoms with Gasteiger partial charge in [0.05, 0.1) is 0 Å². The number of carbonyl (C=O) groups excluding carboxylic acids is 1. The summed E-state index contributed by atoms with van der Waals surface area (Å²) in [6.07, 6.45) is -4.76. The Kier molecular flexibility index (Phi) is 6.59. The molecule has 1 N–H and O–H groups in total. The number of aliphatic hydroxyl groups excluding tert-OH is 1. The molecule has 2 nitrogen and oxygen atoms in total. The molecule has 0 saturated carbocycles. The van der Waals surface area contributed by atoms with E-state index in [2.05, 4.69) is 0 Å². The smallest absolute Gasteiger partial charge is 0.454 e. The van der Waals surface area contributed by atoms with Crippen molar-refractivity contribution in [1.29, 1.82) is 0 Å². The van der Waals surface area contributed by atoms with Gasteiger partial charge >= 0.3 is 6.18 Å². The molecule has 0 spiro atoms. The third kappa shape index (κ3) is 3.86. The predicted molar refractivity (Wildman–Crippen MR) is 79.3 cm³/mol. The minimum Gasteiger partial charge on any atom is -0.507 e. The number of allylic oxidation sites excluding steroid dienone is 1. The summed E-state index contributed by atoms with van der Waals surface area (Å²) in [4.78, 5) is 11.4. The van der Waals surface area contributed by atoms with Gasteiger partial charge in [-0.25, -0.2) is 0 Å². The normalized spacial score (nSPS) is 13.9. The molecule has 0 aliphatic heterocycles. The molecule has 2 aromatic rings. The van der Waals surface area contributed by atoms with Crippen molar-refractivity contribution in [2.24, 2.45) is 0 Å². The number of benzene rings is 2. The van der Waals surface area contributed by atoms with Crippen molar-refractivity contribution in [2.75, 3.05) is 0 Å². The monoisotopic (exact) mass is 460 g/mol. The van der Waals surface area contributed by atoms with Crippen LogP contribution in [0.1, 0.15) is 17.5 Å². The Hall–Kier alpha value is -0.716. The molecule has 6 heteroatoms. The molecule has 123 valence electrons. The third-order valence-electron chi connectivity index (χ3n) is 3.69. The van der Waals surface area contributed by atoms with Crippen LogP contribution in [0.25, 0.3) is 16.5 Å². The van der Waals surface area contributed by atoms with Crippen molar-refractivity contribution in [1.82, 2.24) is 0 Å². The van der Waals surface area contributed by atoms with Crippen molar-refractivity contribution in [2.45, 2.75) is 19.0 Å². The number of ketones is 1. The van der Waals surface area contributed by atoms with Gasteiger partial charge in [0.1, 0.15) is 5.76 Å². The molecule has 1 aliphatic carbocycles. The van der Waals surface area contributed by atoms with Gasteiger partial charge in [0.25, 0.3) is 5.78 Å². The van der Waals surface area contributed by atoms with E-state index in [4.69, 9.17) is 0 Å². The van der Waals surface area contributed by atoms with E-state index in [0.717, 1.165) is 16.3 Å². The molecule has 2 aromatic carbocycles. The molecule has 1 aliphatic rings. The number of aliphatic hydroxyl groups is 1. The van der Waals surface area contributed by atoms with Crippen molar-refractivity contribution in [3.05, 3.63) is 60.5 Å². The van der Waals surface area contributed by atoms with Crippen molar-refractivity contribution in [3.63, 3.8) is 0 Å². The van der Waals surface area contributed by atoms with Gasteiger partial charge in [-0.3, -0.25) is 4.79 Å². The van der Waals surface area contributed by atoms with Crippen LogP contribution in [0.2, 0.25) is 0 Å². The number of fused-ring (bicyclic) bond motifs is 2. The molecule has 0 saturated heterocycles. The van der Waals surface area contributed by atoms with E-state index in [-0.39, 0.29) is 63.2 Å². The molecule has 1 radical (unpaired) electrons. The van der Waals surface area contributed by atoms with Gasteiger partial charge in [-0.2, -0.15) is 13.2 Å². The van der Waals surface area contributed by atoms with E-state index < -0.39 is 23.3 Å². The van der Waals surface area contributed by atoms with Crippen LogP contribution in [0.4, 0.5) is 13.2 Å². The fraction of sp³-hybridized carbons (Fsp3) is 0.176. The number of alkyl halides is 3. The minimum atomic E-state index is -4.96. The third-order valence-corrected chi connectivity index (χ3v) is 3.69. The van der Waals surface area contributed by atoms with E-state index in [9.17, 15) is 23.1 Å². The van der Waals surface area contributed by atoms with Crippen LogP contribution in [0.3, 0.4) is 0 Å². The molecule has 0 atom stereocenters. The first-order chi connectivity index (χ1) is 9.88. The molecule has 0 amide bonds. The Morgan fingerprint density at radius 3 is 2.17 bits per heavy atom. The number of hydrogen-bond acceptors (Lipinski definition) is 2. The number of hydrogen-bond donors (Lipinski definition) is 1. The first-order valence-corrected chi connectivity index (χ1v) is 6.43. The van der Waals surface area contributed by atoms with Crippen LogP contribution >= 0.6 is 0 Å².